The van der Waals surface area contributed by atoms with Gasteiger partial charge in [0.25, 0.3) is 11.6 Å². The average molecular weight is 243 g/mol. The first-order chi connectivity index (χ1) is 7.56. The lowest BCUT2D eigenvalue weighted by molar-refractivity contribution is -0.385. The lowest BCUT2D eigenvalue weighted by Gasteiger charge is -2.05. The molecule has 1 rings (SSSR count). The predicted octanol–water partition coefficient (Wildman–Crippen LogP) is 1.09. The van der Waals surface area contributed by atoms with Crippen molar-refractivity contribution in [3.05, 3.63) is 39.9 Å². The Morgan fingerprint density at radius 3 is 2.69 bits per heavy atom. The molecule has 1 unspecified atom stereocenters. The molecular formula is C9H7ClN2O4. The summed E-state index contributed by atoms with van der Waals surface area (Å²) in [5, 5.41) is 12.7. The van der Waals surface area contributed by atoms with Crippen molar-refractivity contribution in [3.8, 4) is 0 Å². The van der Waals surface area contributed by atoms with Gasteiger partial charge in [-0.15, -0.1) is 0 Å². The SMILES string of the molecule is O=CC(Cl)NC(=O)c1ccccc1[N+](=O)[O-]. The first-order valence-corrected chi connectivity index (χ1v) is 4.63. The van der Waals surface area contributed by atoms with Crippen LogP contribution in [-0.2, 0) is 4.79 Å². The van der Waals surface area contributed by atoms with Gasteiger partial charge in [0.1, 0.15) is 5.56 Å². The van der Waals surface area contributed by atoms with E-state index in [9.17, 15) is 19.7 Å². The number of aldehydes is 1. The zero-order valence-corrected chi connectivity index (χ0v) is 8.68. The summed E-state index contributed by atoms with van der Waals surface area (Å²) in [6, 6.07) is 5.39. The Morgan fingerprint density at radius 2 is 2.12 bits per heavy atom. The Labute approximate surface area is 95.4 Å². The number of alkyl halides is 1. The number of carbonyl (C=O) groups is 2. The fourth-order valence-corrected chi connectivity index (χ4v) is 1.16. The fraction of sp³-hybridized carbons (Fsp3) is 0.111. The number of amides is 1. The van der Waals surface area contributed by atoms with Crippen molar-refractivity contribution >= 4 is 29.5 Å². The van der Waals surface area contributed by atoms with Crippen LogP contribution in [0.5, 0.6) is 0 Å². The van der Waals surface area contributed by atoms with Crippen molar-refractivity contribution in [1.29, 1.82) is 0 Å². The molecule has 16 heavy (non-hydrogen) atoms. The van der Waals surface area contributed by atoms with E-state index in [1.54, 1.807) is 0 Å². The molecule has 0 aliphatic heterocycles. The number of rotatable bonds is 4. The quantitative estimate of drug-likeness (QED) is 0.281. The molecule has 0 saturated heterocycles. The van der Waals surface area contributed by atoms with E-state index in [0.29, 0.717) is 6.29 Å². The van der Waals surface area contributed by atoms with Gasteiger partial charge in [-0.3, -0.25) is 19.7 Å². The lowest BCUT2D eigenvalue weighted by Crippen LogP contribution is -2.32. The molecule has 1 amide bonds. The van der Waals surface area contributed by atoms with Crippen molar-refractivity contribution in [2.24, 2.45) is 0 Å². The van der Waals surface area contributed by atoms with Crippen LogP contribution in [0.25, 0.3) is 0 Å². The second-order valence-corrected chi connectivity index (χ2v) is 3.26. The first kappa shape index (κ1) is 12.1. The summed E-state index contributed by atoms with van der Waals surface area (Å²) in [7, 11) is 0. The number of nitro benzene ring substituents is 1. The van der Waals surface area contributed by atoms with Gasteiger partial charge >= 0.3 is 0 Å². The summed E-state index contributed by atoms with van der Waals surface area (Å²) >= 11 is 5.37. The van der Waals surface area contributed by atoms with E-state index in [1.165, 1.54) is 24.3 Å². The van der Waals surface area contributed by atoms with E-state index in [-0.39, 0.29) is 11.3 Å². The van der Waals surface area contributed by atoms with Gasteiger partial charge in [0.15, 0.2) is 11.8 Å². The third-order valence-corrected chi connectivity index (χ3v) is 1.95. The first-order valence-electron chi connectivity index (χ1n) is 4.20. The third kappa shape index (κ3) is 2.77. The molecule has 0 aliphatic rings. The molecule has 0 aromatic heterocycles. The zero-order valence-electron chi connectivity index (χ0n) is 7.92. The van der Waals surface area contributed by atoms with Gasteiger partial charge in [0, 0.05) is 6.07 Å². The summed E-state index contributed by atoms with van der Waals surface area (Å²) in [5.41, 5.74) is -1.68. The van der Waals surface area contributed by atoms with Crippen LogP contribution in [0.3, 0.4) is 0 Å². The van der Waals surface area contributed by atoms with E-state index < -0.39 is 16.3 Å². The molecule has 1 aromatic rings. The third-order valence-electron chi connectivity index (χ3n) is 1.73. The summed E-state index contributed by atoms with van der Waals surface area (Å²) in [5.74, 6) is -0.764. The van der Waals surface area contributed by atoms with Gasteiger partial charge < -0.3 is 5.32 Å². The zero-order chi connectivity index (χ0) is 12.1. The summed E-state index contributed by atoms with van der Waals surface area (Å²) in [6.07, 6.45) is 0.314. The Bertz CT molecular complexity index is 435. The Hall–Kier alpha value is -1.95. The van der Waals surface area contributed by atoms with Crippen molar-refractivity contribution in [1.82, 2.24) is 5.32 Å². The van der Waals surface area contributed by atoms with E-state index in [4.69, 9.17) is 11.6 Å². The molecule has 6 nitrogen and oxygen atoms in total. The molecule has 1 aromatic carbocycles. The number of nitrogens with zero attached hydrogens (tertiary/aromatic N) is 1. The van der Waals surface area contributed by atoms with Crippen LogP contribution in [0.2, 0.25) is 0 Å². The second-order valence-electron chi connectivity index (χ2n) is 2.79. The number of hydrogen-bond donors (Lipinski definition) is 1. The number of para-hydroxylation sites is 1. The number of benzene rings is 1. The van der Waals surface area contributed by atoms with Gasteiger partial charge in [-0.1, -0.05) is 23.7 Å². The molecule has 1 atom stereocenters. The molecule has 1 N–H and O–H groups in total. The van der Waals surface area contributed by atoms with E-state index in [2.05, 4.69) is 5.32 Å². The van der Waals surface area contributed by atoms with Crippen LogP contribution in [0.4, 0.5) is 5.69 Å². The highest BCUT2D eigenvalue weighted by Crippen LogP contribution is 2.17. The van der Waals surface area contributed by atoms with Crippen LogP contribution in [0, 0.1) is 10.1 Å². The Balaban J connectivity index is 2.99. The minimum Gasteiger partial charge on any atom is -0.330 e. The normalized spacial score (nSPS) is 11.6. The number of nitro groups is 1. The summed E-state index contributed by atoms with van der Waals surface area (Å²) < 4.78 is 0. The maximum Gasteiger partial charge on any atom is 0.282 e. The average Bonchev–Trinajstić information content (AvgIpc) is 2.28. The molecule has 7 heteroatoms. The van der Waals surface area contributed by atoms with Crippen LogP contribution in [-0.4, -0.2) is 22.6 Å². The summed E-state index contributed by atoms with van der Waals surface area (Å²) in [4.78, 5) is 31.6. The van der Waals surface area contributed by atoms with Crippen LogP contribution < -0.4 is 5.32 Å². The Kier molecular flexibility index (Phi) is 3.96. The predicted molar refractivity (Wildman–Crippen MR) is 56.3 cm³/mol. The largest absolute Gasteiger partial charge is 0.330 e. The molecule has 0 bridgehead atoms. The van der Waals surface area contributed by atoms with Crippen LogP contribution >= 0.6 is 11.6 Å². The van der Waals surface area contributed by atoms with Gasteiger partial charge in [0.05, 0.1) is 4.92 Å². The maximum atomic E-state index is 11.5. The van der Waals surface area contributed by atoms with Gasteiger partial charge in [-0.2, -0.15) is 0 Å². The second kappa shape index (κ2) is 5.22. The molecule has 0 aliphatic carbocycles. The standard InChI is InChI=1S/C9H7ClN2O4/c10-8(5-13)11-9(14)6-3-1-2-4-7(6)12(15)16/h1-5,8H,(H,11,14). The minimum atomic E-state index is -1.20. The van der Waals surface area contributed by atoms with Gasteiger partial charge in [-0.25, -0.2) is 0 Å². The monoisotopic (exact) mass is 242 g/mol. The number of carbonyl (C=O) groups excluding carboxylic acids is 2. The minimum absolute atomic E-state index is 0.139. The summed E-state index contributed by atoms with van der Waals surface area (Å²) in [6.45, 7) is 0. The smallest absolute Gasteiger partial charge is 0.282 e. The molecule has 0 radical (unpaired) electrons. The molecule has 0 spiro atoms. The van der Waals surface area contributed by atoms with Crippen molar-refractivity contribution < 1.29 is 14.5 Å². The maximum absolute atomic E-state index is 11.5. The van der Waals surface area contributed by atoms with Crippen molar-refractivity contribution in [2.45, 2.75) is 5.50 Å². The number of halogens is 1. The van der Waals surface area contributed by atoms with E-state index >= 15 is 0 Å². The van der Waals surface area contributed by atoms with Crippen LogP contribution in [0.15, 0.2) is 24.3 Å². The lowest BCUT2D eigenvalue weighted by atomic mass is 10.1. The molecular weight excluding hydrogens is 236 g/mol. The molecule has 0 heterocycles. The fourth-order valence-electron chi connectivity index (χ4n) is 1.06. The van der Waals surface area contributed by atoms with Crippen LogP contribution in [0.1, 0.15) is 10.4 Å². The number of hydrogen-bond acceptors (Lipinski definition) is 4. The number of nitrogens with one attached hydrogen (secondary N) is 1. The van der Waals surface area contributed by atoms with Crippen molar-refractivity contribution in [3.63, 3.8) is 0 Å². The topological polar surface area (TPSA) is 89.3 Å². The molecule has 84 valence electrons. The Morgan fingerprint density at radius 1 is 1.50 bits per heavy atom. The van der Waals surface area contributed by atoms with Gasteiger partial charge in [0.2, 0.25) is 0 Å². The highest BCUT2D eigenvalue weighted by molar-refractivity contribution is 6.28. The van der Waals surface area contributed by atoms with E-state index in [0.717, 1.165) is 0 Å². The van der Waals surface area contributed by atoms with Crippen molar-refractivity contribution in [2.75, 3.05) is 0 Å². The highest BCUT2D eigenvalue weighted by Gasteiger charge is 2.20. The molecule has 0 saturated carbocycles. The van der Waals surface area contributed by atoms with Gasteiger partial charge in [-0.05, 0) is 6.07 Å². The van der Waals surface area contributed by atoms with E-state index in [1.807, 2.05) is 0 Å². The molecule has 0 fully saturated rings. The highest BCUT2D eigenvalue weighted by atomic mass is 35.5.